The molecule has 0 aromatic heterocycles. The summed E-state index contributed by atoms with van der Waals surface area (Å²) in [5, 5.41) is 3.24. The van der Waals surface area contributed by atoms with Crippen molar-refractivity contribution in [2.24, 2.45) is 0 Å². The molecule has 0 saturated carbocycles. The van der Waals surface area contributed by atoms with Crippen molar-refractivity contribution in [2.75, 3.05) is 18.0 Å². The number of likely N-dealkylation sites (N-methyl/N-ethyl adjacent to an activating group) is 1. The minimum atomic E-state index is -0.00212. The second-order valence-corrected chi connectivity index (χ2v) is 5.14. The molecule has 0 spiro atoms. The molecule has 1 saturated heterocycles. The van der Waals surface area contributed by atoms with Gasteiger partial charge in [0.15, 0.2) is 0 Å². The molecule has 0 bridgehead atoms. The second kappa shape index (κ2) is 5.53. The molecule has 3 heteroatoms. The van der Waals surface area contributed by atoms with Crippen LogP contribution in [0.1, 0.15) is 38.7 Å². The van der Waals surface area contributed by atoms with Gasteiger partial charge >= 0.3 is 0 Å². The first-order chi connectivity index (χ1) is 8.63. The summed E-state index contributed by atoms with van der Waals surface area (Å²) >= 11 is 0. The summed E-state index contributed by atoms with van der Waals surface area (Å²) in [5.74, 6) is 0.699. The maximum absolute atomic E-state index is 12.2. The van der Waals surface area contributed by atoms with Crippen molar-refractivity contribution in [2.45, 2.75) is 39.2 Å². The van der Waals surface area contributed by atoms with Gasteiger partial charge in [0.25, 0.3) is 0 Å². The van der Waals surface area contributed by atoms with Crippen LogP contribution in [-0.2, 0) is 4.79 Å². The largest absolute Gasteiger partial charge is 0.311 e. The summed E-state index contributed by atoms with van der Waals surface area (Å²) in [4.78, 5) is 14.1. The number of rotatable bonds is 4. The first-order valence-corrected chi connectivity index (χ1v) is 6.78. The van der Waals surface area contributed by atoms with Crippen LogP contribution in [0.25, 0.3) is 0 Å². The normalized spacial score (nSPS) is 19.9. The van der Waals surface area contributed by atoms with Gasteiger partial charge in [-0.15, -0.1) is 0 Å². The highest BCUT2D eigenvalue weighted by molar-refractivity contribution is 5.99. The number of carbonyl (C=O) groups is 1. The van der Waals surface area contributed by atoms with Crippen LogP contribution in [0.2, 0.25) is 0 Å². The lowest BCUT2D eigenvalue weighted by Gasteiger charge is -2.18. The van der Waals surface area contributed by atoms with Crippen LogP contribution in [0, 0.1) is 0 Å². The number of carbonyl (C=O) groups excluding carboxylic acids is 1. The molecule has 1 atom stereocenters. The fourth-order valence-corrected chi connectivity index (χ4v) is 2.42. The number of nitrogens with zero attached hydrogens (tertiary/aromatic N) is 1. The lowest BCUT2D eigenvalue weighted by Crippen LogP contribution is -2.38. The molecule has 2 rings (SSSR count). The summed E-state index contributed by atoms with van der Waals surface area (Å²) in [7, 11) is 0. The van der Waals surface area contributed by atoms with Crippen LogP contribution in [0.4, 0.5) is 5.69 Å². The van der Waals surface area contributed by atoms with Gasteiger partial charge in [-0.3, -0.25) is 4.79 Å². The summed E-state index contributed by atoms with van der Waals surface area (Å²) in [6.45, 7) is 8.04. The van der Waals surface area contributed by atoms with Crippen LogP contribution in [-0.4, -0.2) is 25.0 Å². The van der Waals surface area contributed by atoms with Gasteiger partial charge in [-0.2, -0.15) is 0 Å². The minimum Gasteiger partial charge on any atom is -0.311 e. The molecule has 1 aromatic carbocycles. The van der Waals surface area contributed by atoms with E-state index in [1.165, 1.54) is 5.56 Å². The van der Waals surface area contributed by atoms with Gasteiger partial charge in [0.05, 0.1) is 6.04 Å². The summed E-state index contributed by atoms with van der Waals surface area (Å²) < 4.78 is 0. The Bertz CT molecular complexity index is 428. The van der Waals surface area contributed by atoms with Crippen molar-refractivity contribution in [1.82, 2.24) is 5.32 Å². The number of amides is 1. The number of hydrogen-bond acceptors (Lipinski definition) is 2. The predicted molar refractivity (Wildman–Crippen MR) is 75.0 cm³/mol. The molecule has 1 aromatic rings. The van der Waals surface area contributed by atoms with E-state index in [1.807, 2.05) is 24.0 Å². The zero-order valence-corrected chi connectivity index (χ0v) is 11.4. The van der Waals surface area contributed by atoms with Crippen molar-refractivity contribution in [3.8, 4) is 0 Å². The van der Waals surface area contributed by atoms with E-state index in [0.29, 0.717) is 5.92 Å². The first kappa shape index (κ1) is 13.1. The zero-order valence-electron chi connectivity index (χ0n) is 11.4. The van der Waals surface area contributed by atoms with Gasteiger partial charge in [0, 0.05) is 12.2 Å². The fourth-order valence-electron chi connectivity index (χ4n) is 2.42. The van der Waals surface area contributed by atoms with Crippen molar-refractivity contribution in [1.29, 1.82) is 0 Å². The van der Waals surface area contributed by atoms with Crippen LogP contribution in [0.15, 0.2) is 24.3 Å². The third-order valence-electron chi connectivity index (χ3n) is 3.50. The Morgan fingerprint density at radius 3 is 2.89 bits per heavy atom. The standard InChI is InChI=1S/C15H22N2O/c1-4-16-14-8-9-17(15(14)18)13-7-5-6-12(10-13)11(2)3/h5-7,10-11,14,16H,4,8-9H2,1-3H3. The van der Waals surface area contributed by atoms with Gasteiger partial charge in [-0.25, -0.2) is 0 Å². The Morgan fingerprint density at radius 2 is 2.22 bits per heavy atom. The van der Waals surface area contributed by atoms with Crippen LogP contribution in [0.5, 0.6) is 0 Å². The van der Waals surface area contributed by atoms with E-state index in [-0.39, 0.29) is 11.9 Å². The molecule has 1 aliphatic heterocycles. The highest BCUT2D eigenvalue weighted by Gasteiger charge is 2.31. The van der Waals surface area contributed by atoms with Gasteiger partial charge in [-0.05, 0) is 36.6 Å². The maximum Gasteiger partial charge on any atom is 0.244 e. The van der Waals surface area contributed by atoms with Gasteiger partial charge in [0.1, 0.15) is 0 Å². The molecule has 1 amide bonds. The maximum atomic E-state index is 12.2. The van der Waals surface area contributed by atoms with E-state index >= 15 is 0 Å². The Kier molecular flexibility index (Phi) is 4.02. The Balaban J connectivity index is 2.17. The van der Waals surface area contributed by atoms with Gasteiger partial charge < -0.3 is 10.2 Å². The molecule has 18 heavy (non-hydrogen) atoms. The summed E-state index contributed by atoms with van der Waals surface area (Å²) in [6, 6.07) is 8.32. The number of hydrogen-bond donors (Lipinski definition) is 1. The molecule has 1 unspecified atom stereocenters. The SMILES string of the molecule is CCNC1CCN(c2cccc(C(C)C)c2)C1=O. The second-order valence-electron chi connectivity index (χ2n) is 5.14. The monoisotopic (exact) mass is 246 g/mol. The lowest BCUT2D eigenvalue weighted by atomic mass is 10.0. The molecule has 1 heterocycles. The molecule has 98 valence electrons. The van der Waals surface area contributed by atoms with Crippen molar-refractivity contribution in [3.05, 3.63) is 29.8 Å². The minimum absolute atomic E-state index is 0.00212. The van der Waals surface area contributed by atoms with Crippen molar-refractivity contribution >= 4 is 11.6 Å². The lowest BCUT2D eigenvalue weighted by molar-refractivity contribution is -0.118. The number of benzene rings is 1. The van der Waals surface area contributed by atoms with E-state index in [9.17, 15) is 4.79 Å². The molecule has 1 fully saturated rings. The Morgan fingerprint density at radius 1 is 1.44 bits per heavy atom. The molecule has 1 N–H and O–H groups in total. The van der Waals surface area contributed by atoms with Crippen molar-refractivity contribution in [3.63, 3.8) is 0 Å². The molecule has 3 nitrogen and oxygen atoms in total. The first-order valence-electron chi connectivity index (χ1n) is 6.78. The summed E-state index contributed by atoms with van der Waals surface area (Å²) in [6.07, 6.45) is 0.901. The topological polar surface area (TPSA) is 32.3 Å². The number of anilines is 1. The fraction of sp³-hybridized carbons (Fsp3) is 0.533. The van der Waals surface area contributed by atoms with Crippen molar-refractivity contribution < 1.29 is 4.79 Å². The molecule has 0 aliphatic carbocycles. The van der Waals surface area contributed by atoms with Gasteiger partial charge in [0.2, 0.25) is 5.91 Å². The van der Waals surface area contributed by atoms with E-state index in [0.717, 1.165) is 25.2 Å². The molecular formula is C15H22N2O. The summed E-state index contributed by atoms with van der Waals surface area (Å²) in [5.41, 5.74) is 2.32. The average molecular weight is 246 g/mol. The third-order valence-corrected chi connectivity index (χ3v) is 3.50. The molecule has 0 radical (unpaired) electrons. The Hall–Kier alpha value is -1.35. The van der Waals surface area contributed by atoms with Gasteiger partial charge in [-0.1, -0.05) is 32.9 Å². The smallest absolute Gasteiger partial charge is 0.244 e. The highest BCUT2D eigenvalue weighted by Crippen LogP contribution is 2.25. The van der Waals surface area contributed by atoms with Crippen LogP contribution < -0.4 is 10.2 Å². The quantitative estimate of drug-likeness (QED) is 0.885. The average Bonchev–Trinajstić information content (AvgIpc) is 2.72. The van der Waals surface area contributed by atoms with E-state index in [4.69, 9.17) is 0 Å². The third kappa shape index (κ3) is 2.56. The van der Waals surface area contributed by atoms with Crippen LogP contribution >= 0.6 is 0 Å². The molecule has 1 aliphatic rings. The van der Waals surface area contributed by atoms with E-state index < -0.39 is 0 Å². The predicted octanol–water partition coefficient (Wildman–Crippen LogP) is 2.52. The highest BCUT2D eigenvalue weighted by atomic mass is 16.2. The zero-order chi connectivity index (χ0) is 13.1. The van der Waals surface area contributed by atoms with Crippen LogP contribution in [0.3, 0.4) is 0 Å². The molecular weight excluding hydrogens is 224 g/mol. The number of nitrogens with one attached hydrogen (secondary N) is 1. The van der Waals surface area contributed by atoms with E-state index in [1.54, 1.807) is 0 Å². The Labute approximate surface area is 109 Å². The van der Waals surface area contributed by atoms with E-state index in [2.05, 4.69) is 31.3 Å².